The minimum Gasteiger partial charge on any atom is -0.325 e. The molecule has 128 valence electrons. The SMILES string of the molecule is O=C(CC1SC(=Nc2ccccc2)NC1=O)Nc1ccc(Cl)cc1Cl. The van der Waals surface area contributed by atoms with E-state index < -0.39 is 5.25 Å². The minimum atomic E-state index is -0.534. The zero-order valence-electron chi connectivity index (χ0n) is 12.8. The summed E-state index contributed by atoms with van der Waals surface area (Å²) in [5.41, 5.74) is 1.20. The van der Waals surface area contributed by atoms with Crippen LogP contribution in [0.15, 0.2) is 53.5 Å². The van der Waals surface area contributed by atoms with Gasteiger partial charge in [0.05, 0.1) is 16.4 Å². The third kappa shape index (κ3) is 4.75. The van der Waals surface area contributed by atoms with Crippen molar-refractivity contribution in [1.29, 1.82) is 0 Å². The number of amides is 2. The fraction of sp³-hybridized carbons (Fsp3) is 0.118. The highest BCUT2D eigenvalue weighted by Gasteiger charge is 2.32. The minimum absolute atomic E-state index is 0.0171. The Labute approximate surface area is 158 Å². The fourth-order valence-corrected chi connectivity index (χ4v) is 3.62. The number of para-hydroxylation sites is 1. The Balaban J connectivity index is 1.62. The van der Waals surface area contributed by atoms with Crippen molar-refractivity contribution in [2.75, 3.05) is 5.32 Å². The van der Waals surface area contributed by atoms with Crippen molar-refractivity contribution < 1.29 is 9.59 Å². The topological polar surface area (TPSA) is 70.6 Å². The number of thioether (sulfide) groups is 1. The Kier molecular flexibility index (Phi) is 5.63. The van der Waals surface area contributed by atoms with Crippen LogP contribution in [0.4, 0.5) is 11.4 Å². The van der Waals surface area contributed by atoms with Crippen LogP contribution in [0.3, 0.4) is 0 Å². The Morgan fingerprint density at radius 3 is 2.68 bits per heavy atom. The molecule has 0 aromatic heterocycles. The Bertz CT molecular complexity index is 843. The molecule has 5 nitrogen and oxygen atoms in total. The lowest BCUT2D eigenvalue weighted by Gasteiger charge is -2.09. The summed E-state index contributed by atoms with van der Waals surface area (Å²) in [7, 11) is 0. The van der Waals surface area contributed by atoms with Gasteiger partial charge in [-0.1, -0.05) is 53.2 Å². The molecule has 2 aromatic rings. The van der Waals surface area contributed by atoms with Crippen LogP contribution in [0.25, 0.3) is 0 Å². The summed E-state index contributed by atoms with van der Waals surface area (Å²) in [6, 6.07) is 14.1. The number of hydrogen-bond acceptors (Lipinski definition) is 4. The van der Waals surface area contributed by atoms with Gasteiger partial charge in [0.25, 0.3) is 0 Å². The van der Waals surface area contributed by atoms with Crippen LogP contribution in [-0.2, 0) is 9.59 Å². The van der Waals surface area contributed by atoms with E-state index in [-0.39, 0.29) is 18.2 Å². The molecule has 0 bridgehead atoms. The second-order valence-corrected chi connectivity index (χ2v) is 7.26. The molecule has 3 rings (SSSR count). The number of aliphatic imine (C=N–C) groups is 1. The second kappa shape index (κ2) is 7.91. The van der Waals surface area contributed by atoms with Crippen LogP contribution in [-0.4, -0.2) is 22.2 Å². The number of carbonyl (C=O) groups is 2. The monoisotopic (exact) mass is 393 g/mol. The van der Waals surface area contributed by atoms with Crippen molar-refractivity contribution in [3.63, 3.8) is 0 Å². The third-order valence-electron chi connectivity index (χ3n) is 3.34. The van der Waals surface area contributed by atoms with Crippen LogP contribution in [0.2, 0.25) is 10.0 Å². The maximum atomic E-state index is 12.2. The van der Waals surface area contributed by atoms with Crippen molar-refractivity contribution in [1.82, 2.24) is 5.32 Å². The van der Waals surface area contributed by atoms with E-state index in [0.29, 0.717) is 20.9 Å². The van der Waals surface area contributed by atoms with E-state index in [1.165, 1.54) is 11.8 Å². The number of nitrogens with zero attached hydrogens (tertiary/aromatic N) is 1. The van der Waals surface area contributed by atoms with Gasteiger partial charge in [-0.05, 0) is 30.3 Å². The average molecular weight is 394 g/mol. The van der Waals surface area contributed by atoms with E-state index in [9.17, 15) is 9.59 Å². The van der Waals surface area contributed by atoms with Crippen molar-refractivity contribution in [2.45, 2.75) is 11.7 Å². The molecular weight excluding hydrogens is 381 g/mol. The fourth-order valence-electron chi connectivity index (χ4n) is 2.17. The number of anilines is 1. The highest BCUT2D eigenvalue weighted by atomic mass is 35.5. The second-order valence-electron chi connectivity index (χ2n) is 5.22. The van der Waals surface area contributed by atoms with Gasteiger partial charge in [0.1, 0.15) is 5.25 Å². The number of carbonyl (C=O) groups excluding carboxylic acids is 2. The van der Waals surface area contributed by atoms with E-state index in [1.54, 1.807) is 18.2 Å². The van der Waals surface area contributed by atoms with Gasteiger partial charge < -0.3 is 10.6 Å². The smallest absolute Gasteiger partial charge is 0.240 e. The standard InChI is InChI=1S/C17H13Cl2N3O2S/c18-10-6-7-13(12(19)8-10)21-15(23)9-14-16(24)22-17(25-14)20-11-4-2-1-3-5-11/h1-8,14H,9H2,(H,21,23)(H,20,22,24). The summed E-state index contributed by atoms with van der Waals surface area (Å²) in [6.45, 7) is 0. The van der Waals surface area contributed by atoms with Gasteiger partial charge in [-0.3, -0.25) is 9.59 Å². The van der Waals surface area contributed by atoms with Crippen LogP contribution in [0.1, 0.15) is 6.42 Å². The molecule has 2 N–H and O–H groups in total. The summed E-state index contributed by atoms with van der Waals surface area (Å²) >= 11 is 13.1. The first-order chi connectivity index (χ1) is 12.0. The van der Waals surface area contributed by atoms with Gasteiger partial charge in [0.15, 0.2) is 5.17 Å². The molecular formula is C17H13Cl2N3O2S. The quantitative estimate of drug-likeness (QED) is 0.815. The number of halogens is 2. The predicted molar refractivity (Wildman–Crippen MR) is 103 cm³/mol. The zero-order chi connectivity index (χ0) is 17.8. The zero-order valence-corrected chi connectivity index (χ0v) is 15.2. The van der Waals surface area contributed by atoms with Gasteiger partial charge in [-0.15, -0.1) is 0 Å². The maximum Gasteiger partial charge on any atom is 0.240 e. The number of hydrogen-bond donors (Lipinski definition) is 2. The van der Waals surface area contributed by atoms with E-state index in [4.69, 9.17) is 23.2 Å². The van der Waals surface area contributed by atoms with Crippen LogP contribution >= 0.6 is 35.0 Å². The average Bonchev–Trinajstić information content (AvgIpc) is 2.90. The first-order valence-corrected chi connectivity index (χ1v) is 9.01. The summed E-state index contributed by atoms with van der Waals surface area (Å²) < 4.78 is 0. The molecule has 2 aromatic carbocycles. The highest BCUT2D eigenvalue weighted by Crippen LogP contribution is 2.28. The molecule has 0 aliphatic carbocycles. The molecule has 1 heterocycles. The molecule has 1 fully saturated rings. The van der Waals surface area contributed by atoms with Crippen molar-refractivity contribution in [3.8, 4) is 0 Å². The number of benzene rings is 2. The first kappa shape index (κ1) is 17.8. The first-order valence-electron chi connectivity index (χ1n) is 7.37. The molecule has 8 heteroatoms. The summed E-state index contributed by atoms with van der Waals surface area (Å²) in [5, 5.41) is 6.15. The number of rotatable bonds is 4. The lowest BCUT2D eigenvalue weighted by molar-refractivity contribution is -0.122. The van der Waals surface area contributed by atoms with Gasteiger partial charge in [0, 0.05) is 11.4 Å². The maximum absolute atomic E-state index is 12.2. The highest BCUT2D eigenvalue weighted by molar-refractivity contribution is 8.15. The Morgan fingerprint density at radius 1 is 1.20 bits per heavy atom. The predicted octanol–water partition coefficient (Wildman–Crippen LogP) is 4.24. The van der Waals surface area contributed by atoms with E-state index in [1.807, 2.05) is 30.3 Å². The van der Waals surface area contributed by atoms with E-state index >= 15 is 0 Å². The summed E-state index contributed by atoms with van der Waals surface area (Å²) in [6.07, 6.45) is 0.0171. The van der Waals surface area contributed by atoms with Crippen LogP contribution in [0.5, 0.6) is 0 Å². The van der Waals surface area contributed by atoms with Crippen molar-refractivity contribution in [3.05, 3.63) is 58.6 Å². The normalized spacial score (nSPS) is 18.2. The van der Waals surface area contributed by atoms with E-state index in [2.05, 4.69) is 15.6 Å². The number of amidine groups is 1. The van der Waals surface area contributed by atoms with E-state index in [0.717, 1.165) is 5.69 Å². The molecule has 2 amide bonds. The third-order valence-corrected chi connectivity index (χ3v) is 4.97. The molecule has 25 heavy (non-hydrogen) atoms. The van der Waals surface area contributed by atoms with Gasteiger partial charge >= 0.3 is 0 Å². The molecule has 0 saturated carbocycles. The molecule has 1 aliphatic heterocycles. The molecule has 0 spiro atoms. The summed E-state index contributed by atoms with van der Waals surface area (Å²) in [4.78, 5) is 28.6. The molecule has 1 aliphatic rings. The van der Waals surface area contributed by atoms with Crippen LogP contribution in [0, 0.1) is 0 Å². The van der Waals surface area contributed by atoms with Gasteiger partial charge in [-0.25, -0.2) is 4.99 Å². The Morgan fingerprint density at radius 2 is 1.96 bits per heavy atom. The number of nitrogens with one attached hydrogen (secondary N) is 2. The van der Waals surface area contributed by atoms with Crippen molar-refractivity contribution in [2.24, 2.45) is 4.99 Å². The van der Waals surface area contributed by atoms with Crippen molar-refractivity contribution >= 4 is 63.3 Å². The van der Waals surface area contributed by atoms with Gasteiger partial charge in [-0.2, -0.15) is 0 Å². The largest absolute Gasteiger partial charge is 0.325 e. The summed E-state index contributed by atoms with van der Waals surface area (Å²) in [5.74, 6) is -0.546. The molecule has 1 saturated heterocycles. The molecule has 1 unspecified atom stereocenters. The van der Waals surface area contributed by atoms with Gasteiger partial charge in [0.2, 0.25) is 11.8 Å². The van der Waals surface area contributed by atoms with Crippen LogP contribution < -0.4 is 10.6 Å². The lowest BCUT2D eigenvalue weighted by atomic mass is 10.2. The molecule has 1 atom stereocenters. The molecule has 0 radical (unpaired) electrons. The lowest BCUT2D eigenvalue weighted by Crippen LogP contribution is -2.28. The Hall–Kier alpha value is -2.02.